The highest BCUT2D eigenvalue weighted by Crippen LogP contribution is 2.22. The molecule has 0 aliphatic heterocycles. The van der Waals surface area contributed by atoms with E-state index in [-0.39, 0.29) is 10.5 Å². The first-order valence-electron chi connectivity index (χ1n) is 7.28. The molecule has 0 heterocycles. The van der Waals surface area contributed by atoms with E-state index in [0.29, 0.717) is 10.7 Å². The third kappa shape index (κ3) is 4.80. The summed E-state index contributed by atoms with van der Waals surface area (Å²) < 4.78 is 27.3. The third-order valence-corrected chi connectivity index (χ3v) is 5.05. The number of benzene rings is 2. The zero-order chi connectivity index (χ0) is 18.0. The molecule has 24 heavy (non-hydrogen) atoms. The molecule has 128 valence electrons. The molecular formula is C17H19ClN2O3S. The lowest BCUT2D eigenvalue weighted by Crippen LogP contribution is -2.40. The molecule has 5 nitrogen and oxygen atoms in total. The Morgan fingerprint density at radius 1 is 1.04 bits per heavy atom. The molecule has 0 unspecified atom stereocenters. The second kappa shape index (κ2) is 6.93. The van der Waals surface area contributed by atoms with E-state index in [1.54, 1.807) is 51.1 Å². The molecule has 0 aromatic heterocycles. The van der Waals surface area contributed by atoms with E-state index in [1.807, 2.05) is 0 Å². The average molecular weight is 367 g/mol. The van der Waals surface area contributed by atoms with Crippen LogP contribution in [-0.2, 0) is 10.0 Å². The normalized spacial score (nSPS) is 12.0. The van der Waals surface area contributed by atoms with Gasteiger partial charge in [-0.05, 0) is 51.1 Å². The number of sulfonamides is 1. The molecule has 0 aliphatic rings. The summed E-state index contributed by atoms with van der Waals surface area (Å²) in [7, 11) is -3.71. The predicted octanol–water partition coefficient (Wildman–Crippen LogP) is 3.67. The summed E-state index contributed by atoms with van der Waals surface area (Å²) >= 11 is 6.01. The number of rotatable bonds is 4. The molecule has 2 aromatic rings. The molecule has 2 N–H and O–H groups in total. The van der Waals surface area contributed by atoms with Gasteiger partial charge in [0.1, 0.15) is 0 Å². The van der Waals surface area contributed by atoms with Gasteiger partial charge in [-0.2, -0.15) is 0 Å². The van der Waals surface area contributed by atoms with Gasteiger partial charge in [-0.1, -0.05) is 29.8 Å². The maximum Gasteiger partial charge on any atom is 0.255 e. The van der Waals surface area contributed by atoms with Crippen molar-refractivity contribution in [2.75, 3.05) is 5.32 Å². The minimum Gasteiger partial charge on any atom is -0.321 e. The molecular weight excluding hydrogens is 348 g/mol. The van der Waals surface area contributed by atoms with Gasteiger partial charge in [0.2, 0.25) is 10.0 Å². The van der Waals surface area contributed by atoms with Gasteiger partial charge in [0, 0.05) is 11.1 Å². The molecule has 2 aromatic carbocycles. The minimum atomic E-state index is -3.71. The Kier molecular flexibility index (Phi) is 5.32. The first-order valence-corrected chi connectivity index (χ1v) is 9.14. The lowest BCUT2D eigenvalue weighted by atomic mass is 10.1. The number of carbonyl (C=O) groups excluding carboxylic acids is 1. The maximum absolute atomic E-state index is 12.4. The van der Waals surface area contributed by atoms with Gasteiger partial charge in [-0.25, -0.2) is 13.1 Å². The lowest BCUT2D eigenvalue weighted by molar-refractivity contribution is 0.102. The fraction of sp³-hybridized carbons (Fsp3) is 0.235. The van der Waals surface area contributed by atoms with Gasteiger partial charge in [0.25, 0.3) is 5.91 Å². The van der Waals surface area contributed by atoms with Gasteiger partial charge in [0.15, 0.2) is 0 Å². The van der Waals surface area contributed by atoms with E-state index in [9.17, 15) is 13.2 Å². The van der Waals surface area contributed by atoms with Crippen molar-refractivity contribution in [3.63, 3.8) is 0 Å². The molecule has 0 fully saturated rings. The van der Waals surface area contributed by atoms with Crippen molar-refractivity contribution in [2.45, 2.75) is 31.2 Å². The number of nitrogens with one attached hydrogen (secondary N) is 2. The number of anilines is 1. The van der Waals surface area contributed by atoms with Crippen LogP contribution in [0.15, 0.2) is 53.4 Å². The SMILES string of the molecule is CC(C)(C)NS(=O)(=O)c1cccc(C(=O)Nc2ccccc2Cl)c1. The fourth-order valence-electron chi connectivity index (χ4n) is 2.02. The van der Waals surface area contributed by atoms with E-state index >= 15 is 0 Å². The van der Waals surface area contributed by atoms with Crippen LogP contribution in [0.4, 0.5) is 5.69 Å². The Morgan fingerprint density at radius 2 is 1.71 bits per heavy atom. The number of para-hydroxylation sites is 1. The van der Waals surface area contributed by atoms with Crippen LogP contribution in [0.1, 0.15) is 31.1 Å². The Morgan fingerprint density at radius 3 is 2.33 bits per heavy atom. The van der Waals surface area contributed by atoms with Crippen LogP contribution in [0.25, 0.3) is 0 Å². The largest absolute Gasteiger partial charge is 0.321 e. The summed E-state index contributed by atoms with van der Waals surface area (Å²) in [5.41, 5.74) is 0.0752. The number of halogens is 1. The van der Waals surface area contributed by atoms with Crippen LogP contribution in [0.3, 0.4) is 0 Å². The molecule has 0 atom stereocenters. The van der Waals surface area contributed by atoms with E-state index in [2.05, 4.69) is 10.0 Å². The van der Waals surface area contributed by atoms with Crippen molar-refractivity contribution in [2.24, 2.45) is 0 Å². The fourth-order valence-corrected chi connectivity index (χ4v) is 3.67. The van der Waals surface area contributed by atoms with Crippen LogP contribution < -0.4 is 10.0 Å². The zero-order valence-electron chi connectivity index (χ0n) is 13.6. The van der Waals surface area contributed by atoms with Crippen molar-refractivity contribution in [3.8, 4) is 0 Å². The van der Waals surface area contributed by atoms with Gasteiger partial charge in [-0.3, -0.25) is 4.79 Å². The summed E-state index contributed by atoms with van der Waals surface area (Å²) in [4.78, 5) is 12.4. The Labute approximate surface area is 147 Å². The first kappa shape index (κ1) is 18.4. The quantitative estimate of drug-likeness (QED) is 0.866. The summed E-state index contributed by atoms with van der Waals surface area (Å²) in [6.07, 6.45) is 0. The van der Waals surface area contributed by atoms with Crippen LogP contribution >= 0.6 is 11.6 Å². The summed E-state index contributed by atoms with van der Waals surface area (Å²) in [5, 5.41) is 3.07. The molecule has 7 heteroatoms. The Balaban J connectivity index is 2.27. The highest BCUT2D eigenvalue weighted by molar-refractivity contribution is 7.89. The van der Waals surface area contributed by atoms with Gasteiger partial charge < -0.3 is 5.32 Å². The van der Waals surface area contributed by atoms with Crippen molar-refractivity contribution in [3.05, 3.63) is 59.1 Å². The highest BCUT2D eigenvalue weighted by atomic mass is 35.5. The number of carbonyl (C=O) groups is 1. The summed E-state index contributed by atoms with van der Waals surface area (Å²) in [6, 6.07) is 12.7. The number of amides is 1. The number of hydrogen-bond donors (Lipinski definition) is 2. The summed E-state index contributed by atoms with van der Waals surface area (Å²) in [6.45, 7) is 5.25. The van der Waals surface area contributed by atoms with Crippen LogP contribution in [0.5, 0.6) is 0 Å². The van der Waals surface area contributed by atoms with E-state index in [4.69, 9.17) is 11.6 Å². The molecule has 0 saturated heterocycles. The van der Waals surface area contributed by atoms with E-state index in [0.717, 1.165) is 0 Å². The van der Waals surface area contributed by atoms with Crippen molar-refractivity contribution in [1.29, 1.82) is 0 Å². The minimum absolute atomic E-state index is 0.0317. The molecule has 0 saturated carbocycles. The van der Waals surface area contributed by atoms with Gasteiger partial charge in [0.05, 0.1) is 15.6 Å². The average Bonchev–Trinajstić information content (AvgIpc) is 2.47. The van der Waals surface area contributed by atoms with Gasteiger partial charge >= 0.3 is 0 Å². The molecule has 2 rings (SSSR count). The standard InChI is InChI=1S/C17H19ClN2O3S/c1-17(2,3)20-24(22,23)13-8-6-7-12(11-13)16(21)19-15-10-5-4-9-14(15)18/h4-11,20H,1-3H3,(H,19,21). The Hall–Kier alpha value is -1.89. The topological polar surface area (TPSA) is 75.3 Å². The lowest BCUT2D eigenvalue weighted by Gasteiger charge is -2.20. The van der Waals surface area contributed by atoms with E-state index in [1.165, 1.54) is 18.2 Å². The first-order chi connectivity index (χ1) is 11.1. The van der Waals surface area contributed by atoms with Crippen LogP contribution in [-0.4, -0.2) is 19.9 Å². The van der Waals surface area contributed by atoms with E-state index < -0.39 is 21.5 Å². The second-order valence-electron chi connectivity index (χ2n) is 6.32. The molecule has 0 aliphatic carbocycles. The molecule has 0 spiro atoms. The second-order valence-corrected chi connectivity index (χ2v) is 8.41. The van der Waals surface area contributed by atoms with Crippen LogP contribution in [0.2, 0.25) is 5.02 Å². The smallest absolute Gasteiger partial charge is 0.255 e. The number of hydrogen-bond acceptors (Lipinski definition) is 3. The maximum atomic E-state index is 12.4. The van der Waals surface area contributed by atoms with Gasteiger partial charge in [-0.15, -0.1) is 0 Å². The van der Waals surface area contributed by atoms with Crippen molar-refractivity contribution >= 4 is 33.2 Å². The highest BCUT2D eigenvalue weighted by Gasteiger charge is 2.22. The zero-order valence-corrected chi connectivity index (χ0v) is 15.2. The molecule has 0 bridgehead atoms. The monoisotopic (exact) mass is 366 g/mol. The molecule has 0 radical (unpaired) electrons. The van der Waals surface area contributed by atoms with Crippen LogP contribution in [0, 0.1) is 0 Å². The van der Waals surface area contributed by atoms with Crippen molar-refractivity contribution < 1.29 is 13.2 Å². The summed E-state index contributed by atoms with van der Waals surface area (Å²) in [5.74, 6) is -0.434. The van der Waals surface area contributed by atoms with Crippen molar-refractivity contribution in [1.82, 2.24) is 4.72 Å². The Bertz CT molecular complexity index is 858. The predicted molar refractivity (Wildman–Crippen MR) is 95.9 cm³/mol. The third-order valence-electron chi connectivity index (χ3n) is 2.97. The molecule has 1 amide bonds.